The molecule has 0 fully saturated rings. The van der Waals surface area contributed by atoms with Gasteiger partial charge >= 0.3 is 0 Å². The molecule has 0 spiro atoms. The third-order valence-electron chi connectivity index (χ3n) is 3.27. The lowest BCUT2D eigenvalue weighted by atomic mass is 10.2. The van der Waals surface area contributed by atoms with E-state index in [0.717, 1.165) is 22.0 Å². The highest BCUT2D eigenvalue weighted by Gasteiger charge is 1.99. The van der Waals surface area contributed by atoms with E-state index in [9.17, 15) is 0 Å². The van der Waals surface area contributed by atoms with Crippen LogP contribution < -0.4 is 10.9 Å². The number of aromatic nitrogens is 1. The molecule has 2 aromatic carbocycles. The number of aromatic amines is 1. The summed E-state index contributed by atoms with van der Waals surface area (Å²) >= 11 is 11.1. The summed E-state index contributed by atoms with van der Waals surface area (Å²) in [7, 11) is 0. The van der Waals surface area contributed by atoms with E-state index in [0.29, 0.717) is 5.02 Å². The van der Waals surface area contributed by atoms with Crippen molar-refractivity contribution in [3.05, 3.63) is 70.9 Å². The van der Waals surface area contributed by atoms with Gasteiger partial charge in [-0.05, 0) is 24.4 Å². The Bertz CT molecular complexity index is 916. The van der Waals surface area contributed by atoms with Gasteiger partial charge in [0, 0.05) is 33.2 Å². The lowest BCUT2D eigenvalue weighted by Crippen LogP contribution is -2.28. The van der Waals surface area contributed by atoms with Crippen LogP contribution in [0.3, 0.4) is 0 Å². The first-order valence-electron chi connectivity index (χ1n) is 7.17. The van der Waals surface area contributed by atoms with Gasteiger partial charge in [-0.2, -0.15) is 10.2 Å². The monoisotopic (exact) mass is 355 g/mol. The van der Waals surface area contributed by atoms with Crippen molar-refractivity contribution in [2.24, 2.45) is 10.2 Å². The van der Waals surface area contributed by atoms with Crippen LogP contribution in [0.1, 0.15) is 11.1 Å². The minimum atomic E-state index is 0.286. The maximum atomic E-state index is 6.03. The van der Waals surface area contributed by atoms with E-state index in [4.69, 9.17) is 23.8 Å². The highest BCUT2D eigenvalue weighted by molar-refractivity contribution is 7.80. The largest absolute Gasteiger partial charge is 0.361 e. The molecule has 24 heavy (non-hydrogen) atoms. The number of nitrogens with one attached hydrogen (secondary N) is 3. The molecule has 0 atom stereocenters. The van der Waals surface area contributed by atoms with Crippen molar-refractivity contribution in [2.45, 2.75) is 0 Å². The van der Waals surface area contributed by atoms with Crippen molar-refractivity contribution in [1.29, 1.82) is 0 Å². The number of halogens is 1. The first-order valence-corrected chi connectivity index (χ1v) is 7.95. The molecule has 0 saturated heterocycles. The first-order chi connectivity index (χ1) is 11.7. The topological polar surface area (TPSA) is 64.6 Å². The highest BCUT2D eigenvalue weighted by Crippen LogP contribution is 2.15. The Morgan fingerprint density at radius 1 is 0.958 bits per heavy atom. The highest BCUT2D eigenvalue weighted by atomic mass is 35.5. The fourth-order valence-corrected chi connectivity index (χ4v) is 2.42. The van der Waals surface area contributed by atoms with Gasteiger partial charge in [-0.3, -0.25) is 10.9 Å². The van der Waals surface area contributed by atoms with E-state index in [1.807, 2.05) is 48.7 Å². The summed E-state index contributed by atoms with van der Waals surface area (Å²) in [6.07, 6.45) is 5.19. The van der Waals surface area contributed by atoms with Crippen molar-refractivity contribution in [3.63, 3.8) is 0 Å². The Kier molecular flexibility index (Phi) is 5.20. The zero-order valence-electron chi connectivity index (χ0n) is 12.5. The van der Waals surface area contributed by atoms with Crippen LogP contribution in [0.4, 0.5) is 0 Å². The van der Waals surface area contributed by atoms with Crippen molar-refractivity contribution >= 4 is 52.3 Å². The molecule has 0 radical (unpaired) electrons. The van der Waals surface area contributed by atoms with Crippen molar-refractivity contribution in [2.75, 3.05) is 0 Å². The zero-order chi connectivity index (χ0) is 16.8. The smallest absolute Gasteiger partial charge is 0.207 e. The molecular formula is C17H14ClN5S. The predicted octanol–water partition coefficient (Wildman–Crippen LogP) is 3.65. The van der Waals surface area contributed by atoms with Crippen LogP contribution in [0.25, 0.3) is 10.9 Å². The number of para-hydroxylation sites is 1. The van der Waals surface area contributed by atoms with Crippen LogP contribution in [0.5, 0.6) is 0 Å². The van der Waals surface area contributed by atoms with Gasteiger partial charge in [0.2, 0.25) is 5.11 Å². The molecule has 5 nitrogen and oxygen atoms in total. The SMILES string of the molecule is S=C(N/N=C/c1ccccc1Cl)N/N=C/c1c[nH]c2ccccc12. The molecule has 1 aromatic heterocycles. The average molecular weight is 356 g/mol. The summed E-state index contributed by atoms with van der Waals surface area (Å²) in [6.45, 7) is 0. The van der Waals surface area contributed by atoms with E-state index in [-0.39, 0.29) is 5.11 Å². The van der Waals surface area contributed by atoms with Gasteiger partial charge in [-0.1, -0.05) is 48.0 Å². The maximum Gasteiger partial charge on any atom is 0.207 e. The van der Waals surface area contributed by atoms with E-state index in [1.165, 1.54) is 0 Å². The summed E-state index contributed by atoms with van der Waals surface area (Å²) in [5.74, 6) is 0. The van der Waals surface area contributed by atoms with Gasteiger partial charge in [0.05, 0.1) is 12.4 Å². The van der Waals surface area contributed by atoms with Crippen molar-refractivity contribution < 1.29 is 0 Å². The van der Waals surface area contributed by atoms with E-state index >= 15 is 0 Å². The first kappa shape index (κ1) is 16.2. The Balaban J connectivity index is 1.55. The second kappa shape index (κ2) is 7.72. The molecule has 0 unspecified atom stereocenters. The van der Waals surface area contributed by atoms with Gasteiger partial charge in [0.25, 0.3) is 0 Å². The number of nitrogens with zero attached hydrogens (tertiary/aromatic N) is 2. The molecule has 3 aromatic rings. The van der Waals surface area contributed by atoms with E-state index in [1.54, 1.807) is 18.5 Å². The number of hydrogen-bond acceptors (Lipinski definition) is 3. The molecule has 0 bridgehead atoms. The Labute approximate surface area is 149 Å². The molecule has 0 aliphatic heterocycles. The number of benzene rings is 2. The molecule has 0 amide bonds. The minimum Gasteiger partial charge on any atom is -0.361 e. The molecule has 3 N–H and O–H groups in total. The van der Waals surface area contributed by atoms with Gasteiger partial charge in [0.1, 0.15) is 0 Å². The van der Waals surface area contributed by atoms with E-state index < -0.39 is 0 Å². The van der Waals surface area contributed by atoms with Crippen LogP contribution in [0, 0.1) is 0 Å². The summed E-state index contributed by atoms with van der Waals surface area (Å²) in [5.41, 5.74) is 8.24. The van der Waals surface area contributed by atoms with Crippen LogP contribution in [-0.2, 0) is 0 Å². The Hall–Kier alpha value is -2.70. The number of H-pyrrole nitrogens is 1. The molecule has 7 heteroatoms. The fraction of sp³-hybridized carbons (Fsp3) is 0. The Morgan fingerprint density at radius 2 is 1.62 bits per heavy atom. The van der Waals surface area contributed by atoms with Crippen molar-refractivity contribution in [3.8, 4) is 0 Å². The molecule has 0 aliphatic rings. The molecule has 3 rings (SSSR count). The Morgan fingerprint density at radius 3 is 2.42 bits per heavy atom. The predicted molar refractivity (Wildman–Crippen MR) is 104 cm³/mol. The third kappa shape index (κ3) is 3.98. The summed E-state index contributed by atoms with van der Waals surface area (Å²) in [4.78, 5) is 3.18. The number of hydrazone groups is 2. The number of hydrogen-bond donors (Lipinski definition) is 3. The van der Waals surface area contributed by atoms with Gasteiger partial charge in [-0.25, -0.2) is 0 Å². The molecule has 0 saturated carbocycles. The second-order valence-corrected chi connectivity index (χ2v) is 5.70. The molecule has 120 valence electrons. The number of thiocarbonyl (C=S) groups is 1. The average Bonchev–Trinajstić information content (AvgIpc) is 3.00. The summed E-state index contributed by atoms with van der Waals surface area (Å²) in [6, 6.07) is 15.4. The number of rotatable bonds is 4. The van der Waals surface area contributed by atoms with E-state index in [2.05, 4.69) is 26.0 Å². The van der Waals surface area contributed by atoms with Crippen LogP contribution in [0.15, 0.2) is 64.9 Å². The summed E-state index contributed by atoms with van der Waals surface area (Å²) < 4.78 is 0. The zero-order valence-corrected chi connectivity index (χ0v) is 14.1. The van der Waals surface area contributed by atoms with Crippen LogP contribution in [0.2, 0.25) is 5.02 Å². The standard InChI is InChI=1S/C17H14ClN5S/c18-15-7-3-1-5-12(15)10-20-22-17(24)23-21-11-13-9-19-16-8-4-2-6-14(13)16/h1-11,19H,(H2,22,23,24)/b20-10+,21-11+. The van der Waals surface area contributed by atoms with Crippen molar-refractivity contribution in [1.82, 2.24) is 15.8 Å². The third-order valence-corrected chi connectivity index (χ3v) is 3.79. The summed E-state index contributed by atoms with van der Waals surface area (Å²) in [5, 5.41) is 10.1. The fourth-order valence-electron chi connectivity index (χ4n) is 2.13. The quantitative estimate of drug-likeness (QED) is 0.380. The molecule has 0 aliphatic carbocycles. The lowest BCUT2D eigenvalue weighted by molar-refractivity contribution is 0.935. The maximum absolute atomic E-state index is 6.03. The lowest BCUT2D eigenvalue weighted by Gasteiger charge is -2.01. The normalized spacial score (nSPS) is 11.4. The van der Waals surface area contributed by atoms with Gasteiger partial charge < -0.3 is 4.98 Å². The second-order valence-electron chi connectivity index (χ2n) is 4.88. The number of fused-ring (bicyclic) bond motifs is 1. The minimum absolute atomic E-state index is 0.286. The van der Waals surface area contributed by atoms with Gasteiger partial charge in [-0.15, -0.1) is 0 Å². The van der Waals surface area contributed by atoms with Gasteiger partial charge in [0.15, 0.2) is 0 Å². The van der Waals surface area contributed by atoms with Crippen LogP contribution in [-0.4, -0.2) is 22.5 Å². The molecular weight excluding hydrogens is 342 g/mol. The molecule has 1 heterocycles. The van der Waals surface area contributed by atoms with Crippen LogP contribution >= 0.6 is 23.8 Å².